The molecule has 0 saturated heterocycles. The van der Waals surface area contributed by atoms with Crippen molar-refractivity contribution in [1.29, 1.82) is 0 Å². The third-order valence-electron chi connectivity index (χ3n) is 5.31. The fourth-order valence-electron chi connectivity index (χ4n) is 3.25. The van der Waals surface area contributed by atoms with E-state index in [-0.39, 0.29) is 18.6 Å². The van der Waals surface area contributed by atoms with E-state index in [4.69, 9.17) is 4.74 Å². The van der Waals surface area contributed by atoms with Crippen LogP contribution < -0.4 is 5.32 Å². The third kappa shape index (κ3) is 6.87. The Morgan fingerprint density at radius 1 is 1.40 bits per heavy atom. The Morgan fingerprint density at radius 2 is 2.16 bits per heavy atom. The maximum absolute atomic E-state index is 11.9. The van der Waals surface area contributed by atoms with Gasteiger partial charge in [-0.3, -0.25) is 4.79 Å². The van der Waals surface area contributed by atoms with Crippen molar-refractivity contribution in [1.82, 2.24) is 5.32 Å². The first kappa shape index (κ1) is 20.1. The minimum Gasteiger partial charge on any atom is -0.368 e. The molecule has 2 unspecified atom stereocenters. The molecule has 0 radical (unpaired) electrons. The summed E-state index contributed by atoms with van der Waals surface area (Å²) in [6.45, 7) is 7.06. The molecular formula is C21H31NO2S. The molecule has 1 aromatic carbocycles. The number of rotatable bonds is 8. The van der Waals surface area contributed by atoms with Gasteiger partial charge in [0.25, 0.3) is 0 Å². The van der Waals surface area contributed by atoms with E-state index in [1.54, 1.807) is 18.0 Å². The van der Waals surface area contributed by atoms with E-state index in [0.717, 1.165) is 18.6 Å². The molecular weight excluding hydrogens is 330 g/mol. The van der Waals surface area contributed by atoms with Crippen LogP contribution in [-0.4, -0.2) is 18.6 Å². The Morgan fingerprint density at radius 3 is 2.88 bits per heavy atom. The molecule has 1 N–H and O–H groups in total. The number of nitrogens with one attached hydrogen (secondary N) is 1. The second kappa shape index (κ2) is 10.0. The lowest BCUT2D eigenvalue weighted by molar-refractivity contribution is -0.128. The number of ether oxygens (including phenoxy) is 1. The number of benzene rings is 1. The van der Waals surface area contributed by atoms with Crippen LogP contribution in [0.3, 0.4) is 0 Å². The minimum atomic E-state index is -0.0756. The van der Waals surface area contributed by atoms with Crippen molar-refractivity contribution in [3.05, 3.63) is 47.5 Å². The van der Waals surface area contributed by atoms with Crippen molar-refractivity contribution in [2.24, 2.45) is 11.3 Å². The number of amides is 1. The number of hydrogen-bond acceptors (Lipinski definition) is 3. The topological polar surface area (TPSA) is 38.3 Å². The molecule has 1 fully saturated rings. The molecule has 0 aromatic heterocycles. The number of carbonyl (C=O) groups excluding carboxylic acids is 1. The molecule has 138 valence electrons. The van der Waals surface area contributed by atoms with Gasteiger partial charge in [0, 0.05) is 12.0 Å². The van der Waals surface area contributed by atoms with Gasteiger partial charge in [-0.2, -0.15) is 0 Å². The van der Waals surface area contributed by atoms with E-state index in [2.05, 4.69) is 38.2 Å². The molecule has 1 saturated carbocycles. The Bertz CT molecular complexity index is 558. The fraction of sp³-hybridized carbons (Fsp3) is 0.571. The van der Waals surface area contributed by atoms with E-state index < -0.39 is 0 Å². The van der Waals surface area contributed by atoms with Crippen LogP contribution >= 0.6 is 11.8 Å². The van der Waals surface area contributed by atoms with E-state index in [1.807, 2.05) is 23.6 Å². The average molecular weight is 362 g/mol. The zero-order valence-corrected chi connectivity index (χ0v) is 16.5. The van der Waals surface area contributed by atoms with Gasteiger partial charge in [-0.1, -0.05) is 57.5 Å². The molecule has 1 aliphatic rings. The van der Waals surface area contributed by atoms with Crippen LogP contribution in [0, 0.1) is 11.3 Å². The van der Waals surface area contributed by atoms with Crippen LogP contribution in [0.15, 0.2) is 41.9 Å². The summed E-state index contributed by atoms with van der Waals surface area (Å²) in [5, 5.41) is 4.70. The van der Waals surface area contributed by atoms with E-state index >= 15 is 0 Å². The van der Waals surface area contributed by atoms with Crippen molar-refractivity contribution in [3.63, 3.8) is 0 Å². The van der Waals surface area contributed by atoms with Gasteiger partial charge in [0.05, 0.1) is 6.10 Å². The van der Waals surface area contributed by atoms with Gasteiger partial charge in [0.15, 0.2) is 0 Å². The quantitative estimate of drug-likeness (QED) is 0.697. The highest BCUT2D eigenvalue weighted by Gasteiger charge is 2.35. The number of hydrogen-bond donors (Lipinski definition) is 1. The maximum atomic E-state index is 11.9. The minimum absolute atomic E-state index is 0.0756. The predicted octanol–water partition coefficient (Wildman–Crippen LogP) is 5.13. The van der Waals surface area contributed by atoms with E-state index in [0.29, 0.717) is 11.3 Å². The molecule has 0 heterocycles. The SMILES string of the molecule is CC(C)C1(C)CCCC(OCC(=O)NC=CSCc2ccccc2)C1. The maximum Gasteiger partial charge on any atom is 0.249 e. The van der Waals surface area contributed by atoms with Crippen molar-refractivity contribution in [2.75, 3.05) is 6.61 Å². The fourth-order valence-corrected chi connectivity index (χ4v) is 3.90. The molecule has 3 nitrogen and oxygen atoms in total. The molecule has 2 atom stereocenters. The molecule has 4 heteroatoms. The summed E-state index contributed by atoms with van der Waals surface area (Å²) in [5.74, 6) is 1.48. The summed E-state index contributed by atoms with van der Waals surface area (Å²) in [6.07, 6.45) is 6.50. The lowest BCUT2D eigenvalue weighted by Gasteiger charge is -2.41. The Balaban J connectivity index is 1.63. The Kier molecular flexibility index (Phi) is 8.04. The zero-order valence-electron chi connectivity index (χ0n) is 15.7. The molecule has 25 heavy (non-hydrogen) atoms. The van der Waals surface area contributed by atoms with Gasteiger partial charge in [-0.15, -0.1) is 11.8 Å². The van der Waals surface area contributed by atoms with Crippen LogP contribution in [0.4, 0.5) is 0 Å². The molecule has 0 spiro atoms. The highest BCUT2D eigenvalue weighted by Crippen LogP contribution is 2.42. The summed E-state index contributed by atoms with van der Waals surface area (Å²) in [4.78, 5) is 11.9. The van der Waals surface area contributed by atoms with Crippen LogP contribution in [0.1, 0.15) is 52.0 Å². The molecule has 0 bridgehead atoms. The smallest absolute Gasteiger partial charge is 0.249 e. The van der Waals surface area contributed by atoms with Crippen LogP contribution in [-0.2, 0) is 15.3 Å². The van der Waals surface area contributed by atoms with Crippen LogP contribution in [0.25, 0.3) is 0 Å². The highest BCUT2D eigenvalue weighted by atomic mass is 32.2. The zero-order chi connectivity index (χ0) is 18.1. The predicted molar refractivity (Wildman–Crippen MR) is 106 cm³/mol. The Labute approximate surface area is 156 Å². The van der Waals surface area contributed by atoms with Gasteiger partial charge >= 0.3 is 0 Å². The van der Waals surface area contributed by atoms with Crippen molar-refractivity contribution in [3.8, 4) is 0 Å². The summed E-state index contributed by atoms with van der Waals surface area (Å²) in [6, 6.07) is 10.3. The van der Waals surface area contributed by atoms with E-state index in [9.17, 15) is 4.79 Å². The van der Waals surface area contributed by atoms with Gasteiger partial charge in [0.1, 0.15) is 6.61 Å². The monoisotopic (exact) mass is 361 g/mol. The largest absolute Gasteiger partial charge is 0.368 e. The lowest BCUT2D eigenvalue weighted by Crippen LogP contribution is -2.36. The highest BCUT2D eigenvalue weighted by molar-refractivity contribution is 8.01. The molecule has 0 aliphatic heterocycles. The van der Waals surface area contributed by atoms with Crippen molar-refractivity contribution in [2.45, 2.75) is 58.3 Å². The van der Waals surface area contributed by atoms with Crippen molar-refractivity contribution >= 4 is 17.7 Å². The van der Waals surface area contributed by atoms with Gasteiger partial charge in [0.2, 0.25) is 5.91 Å². The first-order valence-electron chi connectivity index (χ1n) is 9.21. The second-order valence-electron chi connectivity index (χ2n) is 7.50. The van der Waals surface area contributed by atoms with Gasteiger partial charge in [-0.05, 0) is 41.6 Å². The number of carbonyl (C=O) groups is 1. The van der Waals surface area contributed by atoms with Crippen LogP contribution in [0.2, 0.25) is 0 Å². The first-order valence-corrected chi connectivity index (χ1v) is 10.3. The summed E-state index contributed by atoms with van der Waals surface area (Å²) in [7, 11) is 0. The van der Waals surface area contributed by atoms with Crippen molar-refractivity contribution < 1.29 is 9.53 Å². The average Bonchev–Trinajstić information content (AvgIpc) is 2.60. The van der Waals surface area contributed by atoms with Gasteiger partial charge in [-0.25, -0.2) is 0 Å². The van der Waals surface area contributed by atoms with E-state index in [1.165, 1.54) is 18.4 Å². The third-order valence-corrected chi connectivity index (χ3v) is 6.14. The number of thioether (sulfide) groups is 1. The Hall–Kier alpha value is -1.26. The second-order valence-corrected chi connectivity index (χ2v) is 8.40. The van der Waals surface area contributed by atoms with Crippen LogP contribution in [0.5, 0.6) is 0 Å². The normalized spacial score (nSPS) is 23.9. The molecule has 1 amide bonds. The molecule has 2 rings (SSSR count). The molecule has 1 aromatic rings. The summed E-state index contributed by atoms with van der Waals surface area (Å²) >= 11 is 1.66. The summed E-state index contributed by atoms with van der Waals surface area (Å²) in [5.41, 5.74) is 1.62. The summed E-state index contributed by atoms with van der Waals surface area (Å²) < 4.78 is 5.86. The van der Waals surface area contributed by atoms with Gasteiger partial charge < -0.3 is 10.1 Å². The standard InChI is InChI=1S/C21H31NO2S/c1-17(2)21(3)11-7-10-19(14-21)24-15-20(23)22-12-13-25-16-18-8-5-4-6-9-18/h4-6,8-9,12-13,17,19H,7,10-11,14-16H2,1-3H3,(H,22,23). The lowest BCUT2D eigenvalue weighted by atomic mass is 9.67. The molecule has 1 aliphatic carbocycles. The first-order chi connectivity index (χ1) is 12.0.